The molecule has 1 heterocycles. The summed E-state index contributed by atoms with van der Waals surface area (Å²) in [5.41, 5.74) is 0. The largest absolute Gasteiger partial charge is 0.395 e. The Morgan fingerprint density at radius 2 is 2.19 bits per heavy atom. The maximum Gasteiger partial charge on any atom is 0.107 e. The number of aromatic nitrogens is 1. The minimum Gasteiger partial charge on any atom is -0.395 e. The SMILES string of the molecule is CCCCCCN(CCO)Cc1nccs1. The molecule has 0 radical (unpaired) electrons. The molecule has 0 atom stereocenters. The van der Waals surface area contributed by atoms with Crippen LogP contribution in [-0.2, 0) is 6.54 Å². The lowest BCUT2D eigenvalue weighted by atomic mass is 10.2. The van der Waals surface area contributed by atoms with E-state index in [0.29, 0.717) is 0 Å². The zero-order valence-electron chi connectivity index (χ0n) is 10.1. The van der Waals surface area contributed by atoms with Crippen molar-refractivity contribution in [3.8, 4) is 0 Å². The summed E-state index contributed by atoms with van der Waals surface area (Å²) in [6.07, 6.45) is 6.93. The first-order valence-electron chi connectivity index (χ1n) is 6.08. The highest BCUT2D eigenvalue weighted by atomic mass is 32.1. The summed E-state index contributed by atoms with van der Waals surface area (Å²) in [5.74, 6) is 0. The Morgan fingerprint density at radius 3 is 2.81 bits per heavy atom. The van der Waals surface area contributed by atoms with E-state index < -0.39 is 0 Å². The molecule has 1 rings (SSSR count). The van der Waals surface area contributed by atoms with Crippen LogP contribution in [0, 0.1) is 0 Å². The van der Waals surface area contributed by atoms with Crippen molar-refractivity contribution in [1.82, 2.24) is 9.88 Å². The van der Waals surface area contributed by atoms with Crippen LogP contribution in [0.4, 0.5) is 0 Å². The van der Waals surface area contributed by atoms with Crippen LogP contribution in [0.5, 0.6) is 0 Å². The predicted molar refractivity (Wildman–Crippen MR) is 68.6 cm³/mol. The van der Waals surface area contributed by atoms with Crippen molar-refractivity contribution in [2.24, 2.45) is 0 Å². The minimum atomic E-state index is 0.235. The van der Waals surface area contributed by atoms with E-state index in [9.17, 15) is 0 Å². The summed E-state index contributed by atoms with van der Waals surface area (Å²) in [7, 11) is 0. The molecule has 4 heteroatoms. The van der Waals surface area contributed by atoms with Gasteiger partial charge in [-0.3, -0.25) is 4.90 Å². The molecule has 0 saturated carbocycles. The van der Waals surface area contributed by atoms with Gasteiger partial charge < -0.3 is 5.11 Å². The van der Waals surface area contributed by atoms with Crippen LogP contribution in [0.1, 0.15) is 37.6 Å². The monoisotopic (exact) mass is 242 g/mol. The molecule has 0 aliphatic rings. The van der Waals surface area contributed by atoms with Gasteiger partial charge in [0.05, 0.1) is 13.2 Å². The van der Waals surface area contributed by atoms with Crippen molar-refractivity contribution < 1.29 is 5.11 Å². The normalized spacial score (nSPS) is 11.2. The fourth-order valence-electron chi connectivity index (χ4n) is 1.70. The van der Waals surface area contributed by atoms with Crippen LogP contribution in [0.2, 0.25) is 0 Å². The Labute approximate surface area is 102 Å². The maximum absolute atomic E-state index is 9.01. The highest BCUT2D eigenvalue weighted by Crippen LogP contribution is 2.09. The number of aliphatic hydroxyl groups is 1. The van der Waals surface area contributed by atoms with E-state index in [1.807, 2.05) is 11.6 Å². The summed E-state index contributed by atoms with van der Waals surface area (Å²) in [6.45, 7) is 5.16. The molecule has 3 nitrogen and oxygen atoms in total. The van der Waals surface area contributed by atoms with Crippen LogP contribution in [0.25, 0.3) is 0 Å². The molecule has 0 aliphatic heterocycles. The van der Waals surface area contributed by atoms with Crippen molar-refractivity contribution in [3.05, 3.63) is 16.6 Å². The highest BCUT2D eigenvalue weighted by Gasteiger charge is 2.06. The summed E-state index contributed by atoms with van der Waals surface area (Å²) in [4.78, 5) is 6.56. The van der Waals surface area contributed by atoms with Crippen molar-refractivity contribution >= 4 is 11.3 Å². The van der Waals surface area contributed by atoms with Gasteiger partial charge in [-0.2, -0.15) is 0 Å². The van der Waals surface area contributed by atoms with Crippen LogP contribution in [0.3, 0.4) is 0 Å². The molecule has 0 fully saturated rings. The number of thiazole rings is 1. The molecule has 0 aromatic carbocycles. The zero-order valence-corrected chi connectivity index (χ0v) is 10.9. The Bertz CT molecular complexity index is 252. The second-order valence-electron chi connectivity index (χ2n) is 3.99. The third kappa shape index (κ3) is 5.58. The first-order valence-corrected chi connectivity index (χ1v) is 6.96. The number of hydrogen-bond acceptors (Lipinski definition) is 4. The van der Waals surface area contributed by atoms with Gasteiger partial charge in [-0.05, 0) is 13.0 Å². The molecule has 1 aromatic rings. The Balaban J connectivity index is 2.24. The number of unbranched alkanes of at least 4 members (excludes halogenated alkanes) is 3. The molecule has 0 spiro atoms. The van der Waals surface area contributed by atoms with Gasteiger partial charge in [0.1, 0.15) is 5.01 Å². The van der Waals surface area contributed by atoms with Crippen LogP contribution >= 0.6 is 11.3 Å². The zero-order chi connectivity index (χ0) is 11.6. The van der Waals surface area contributed by atoms with Gasteiger partial charge in [0.2, 0.25) is 0 Å². The lowest BCUT2D eigenvalue weighted by Crippen LogP contribution is -2.27. The van der Waals surface area contributed by atoms with Gasteiger partial charge in [-0.1, -0.05) is 26.2 Å². The average Bonchev–Trinajstić information content (AvgIpc) is 2.77. The standard InChI is InChI=1S/C12H22N2OS/c1-2-3-4-5-7-14(8-9-15)11-12-13-6-10-16-12/h6,10,15H,2-5,7-9,11H2,1H3. The lowest BCUT2D eigenvalue weighted by molar-refractivity contribution is 0.187. The number of hydrogen-bond donors (Lipinski definition) is 1. The van der Waals surface area contributed by atoms with E-state index in [4.69, 9.17) is 5.11 Å². The van der Waals surface area contributed by atoms with Gasteiger partial charge in [-0.25, -0.2) is 4.98 Å². The van der Waals surface area contributed by atoms with Crippen LogP contribution in [0.15, 0.2) is 11.6 Å². The van der Waals surface area contributed by atoms with Gasteiger partial charge in [0, 0.05) is 18.1 Å². The molecular formula is C12H22N2OS. The molecule has 1 N–H and O–H groups in total. The number of nitrogens with zero attached hydrogens (tertiary/aromatic N) is 2. The van der Waals surface area contributed by atoms with Gasteiger partial charge in [0.25, 0.3) is 0 Å². The van der Waals surface area contributed by atoms with Gasteiger partial charge >= 0.3 is 0 Å². The summed E-state index contributed by atoms with van der Waals surface area (Å²) in [6, 6.07) is 0. The van der Waals surface area contributed by atoms with E-state index in [0.717, 1.165) is 24.6 Å². The topological polar surface area (TPSA) is 36.4 Å². The minimum absolute atomic E-state index is 0.235. The van der Waals surface area contributed by atoms with Crippen molar-refractivity contribution in [2.75, 3.05) is 19.7 Å². The maximum atomic E-state index is 9.01. The van der Waals surface area contributed by atoms with Gasteiger partial charge in [0.15, 0.2) is 0 Å². The summed E-state index contributed by atoms with van der Waals surface area (Å²) < 4.78 is 0. The number of rotatable bonds is 9. The molecule has 0 unspecified atom stereocenters. The fraction of sp³-hybridized carbons (Fsp3) is 0.750. The van der Waals surface area contributed by atoms with E-state index in [-0.39, 0.29) is 6.61 Å². The molecular weight excluding hydrogens is 220 g/mol. The summed E-state index contributed by atoms with van der Waals surface area (Å²) in [5, 5.41) is 12.2. The number of aliphatic hydroxyl groups excluding tert-OH is 1. The van der Waals surface area contributed by atoms with Crippen molar-refractivity contribution in [2.45, 2.75) is 39.2 Å². The molecule has 0 bridgehead atoms. The Morgan fingerprint density at radius 1 is 1.31 bits per heavy atom. The quantitative estimate of drug-likeness (QED) is 0.676. The fourth-order valence-corrected chi connectivity index (χ4v) is 2.35. The smallest absolute Gasteiger partial charge is 0.107 e. The third-order valence-corrected chi connectivity index (χ3v) is 3.35. The van der Waals surface area contributed by atoms with E-state index in [2.05, 4.69) is 16.8 Å². The molecule has 1 aromatic heterocycles. The van der Waals surface area contributed by atoms with Crippen molar-refractivity contribution in [1.29, 1.82) is 0 Å². The van der Waals surface area contributed by atoms with Crippen LogP contribution in [-0.4, -0.2) is 34.7 Å². The molecule has 16 heavy (non-hydrogen) atoms. The summed E-state index contributed by atoms with van der Waals surface area (Å²) >= 11 is 1.69. The second-order valence-corrected chi connectivity index (χ2v) is 4.97. The molecule has 92 valence electrons. The van der Waals surface area contributed by atoms with E-state index >= 15 is 0 Å². The average molecular weight is 242 g/mol. The Hall–Kier alpha value is -0.450. The molecule has 0 aliphatic carbocycles. The third-order valence-electron chi connectivity index (χ3n) is 2.59. The van der Waals surface area contributed by atoms with E-state index in [1.54, 1.807) is 11.3 Å². The molecule has 0 saturated heterocycles. The molecule has 0 amide bonds. The first-order chi connectivity index (χ1) is 7.86. The Kier molecular flexibility index (Phi) is 7.38. The lowest BCUT2D eigenvalue weighted by Gasteiger charge is -2.19. The van der Waals surface area contributed by atoms with E-state index in [1.165, 1.54) is 25.7 Å². The second kappa shape index (κ2) is 8.67. The first kappa shape index (κ1) is 13.6. The van der Waals surface area contributed by atoms with Gasteiger partial charge in [-0.15, -0.1) is 11.3 Å². The predicted octanol–water partition coefficient (Wildman–Crippen LogP) is 2.52. The van der Waals surface area contributed by atoms with Crippen LogP contribution < -0.4 is 0 Å². The van der Waals surface area contributed by atoms with Crippen molar-refractivity contribution in [3.63, 3.8) is 0 Å². The highest BCUT2D eigenvalue weighted by molar-refractivity contribution is 7.09.